The Labute approximate surface area is 140 Å². The Balaban J connectivity index is 1.54. The van der Waals surface area contributed by atoms with Crippen molar-refractivity contribution in [1.82, 2.24) is 15.2 Å². The predicted octanol–water partition coefficient (Wildman–Crippen LogP) is 3.03. The molecule has 0 unspecified atom stereocenters. The van der Waals surface area contributed by atoms with E-state index in [9.17, 15) is 4.79 Å². The molecular weight excluding hydrogens is 306 g/mol. The fraction of sp³-hybridized carbons (Fsp3) is 0.556. The highest BCUT2D eigenvalue weighted by atomic mass is 32.1. The molecule has 2 fully saturated rings. The summed E-state index contributed by atoms with van der Waals surface area (Å²) in [6.07, 6.45) is 4.67. The third kappa shape index (κ3) is 2.56. The zero-order chi connectivity index (χ0) is 15.9. The van der Waals surface area contributed by atoms with Gasteiger partial charge in [-0.2, -0.15) is 0 Å². The lowest BCUT2D eigenvalue weighted by atomic mass is 9.67. The van der Waals surface area contributed by atoms with Crippen LogP contribution in [0.1, 0.15) is 30.7 Å². The van der Waals surface area contributed by atoms with Gasteiger partial charge in [0.25, 0.3) is 0 Å². The number of amides is 1. The molecule has 1 aliphatic heterocycles. The average molecular weight is 329 g/mol. The summed E-state index contributed by atoms with van der Waals surface area (Å²) in [5.41, 5.74) is 0.869. The van der Waals surface area contributed by atoms with Crippen LogP contribution in [0, 0.1) is 11.3 Å². The lowest BCUT2D eigenvalue weighted by Crippen LogP contribution is -2.48. The highest BCUT2D eigenvalue weighted by molar-refractivity contribution is 7.18. The Hall–Kier alpha value is -1.46. The first-order valence-corrected chi connectivity index (χ1v) is 9.31. The summed E-state index contributed by atoms with van der Waals surface area (Å²) in [6.45, 7) is 2.47. The maximum Gasteiger partial charge on any atom is 0.230 e. The van der Waals surface area contributed by atoms with Gasteiger partial charge in [-0.05, 0) is 37.4 Å². The molecule has 5 heteroatoms. The van der Waals surface area contributed by atoms with Gasteiger partial charge in [0.15, 0.2) is 0 Å². The molecule has 1 saturated carbocycles. The number of aromatic nitrogens is 1. The lowest BCUT2D eigenvalue weighted by molar-refractivity contribution is -0.144. The number of benzene rings is 1. The fourth-order valence-corrected chi connectivity index (χ4v) is 5.33. The van der Waals surface area contributed by atoms with Crippen molar-refractivity contribution in [2.45, 2.75) is 32.2 Å². The van der Waals surface area contributed by atoms with Crippen molar-refractivity contribution in [2.24, 2.45) is 11.3 Å². The first-order valence-electron chi connectivity index (χ1n) is 8.50. The van der Waals surface area contributed by atoms with Crippen LogP contribution >= 0.6 is 11.3 Å². The number of carbonyl (C=O) groups is 1. The van der Waals surface area contributed by atoms with Crippen LogP contribution in [-0.2, 0) is 11.3 Å². The molecule has 1 amide bonds. The number of nitrogens with one attached hydrogen (secondary N) is 1. The first kappa shape index (κ1) is 15.1. The standard InChI is InChI=1S/C18H23N3OS/c1-21(11-16-20-14-7-2-3-8-15(14)23-16)17(22)18-9-5-4-6-13(18)10-19-12-18/h2-3,7-8,13,19H,4-6,9-12H2,1H3/t13-,18+/m0/s1. The molecule has 2 aliphatic rings. The van der Waals surface area contributed by atoms with Crippen molar-refractivity contribution in [3.05, 3.63) is 29.3 Å². The number of para-hydroxylation sites is 1. The van der Waals surface area contributed by atoms with Crippen LogP contribution in [0.5, 0.6) is 0 Å². The number of hydrogen-bond acceptors (Lipinski definition) is 4. The second kappa shape index (κ2) is 5.87. The van der Waals surface area contributed by atoms with E-state index in [0.29, 0.717) is 18.4 Å². The maximum absolute atomic E-state index is 13.2. The number of nitrogens with zero attached hydrogens (tertiary/aromatic N) is 2. The first-order chi connectivity index (χ1) is 11.2. The van der Waals surface area contributed by atoms with Crippen LogP contribution in [0.4, 0.5) is 0 Å². The van der Waals surface area contributed by atoms with E-state index in [1.807, 2.05) is 30.1 Å². The molecule has 4 nitrogen and oxygen atoms in total. The molecule has 2 aromatic rings. The second-order valence-corrected chi connectivity index (χ2v) is 8.08. The summed E-state index contributed by atoms with van der Waals surface area (Å²) < 4.78 is 1.19. The van der Waals surface area contributed by atoms with E-state index in [0.717, 1.165) is 30.0 Å². The molecule has 0 radical (unpaired) electrons. The van der Waals surface area contributed by atoms with E-state index in [4.69, 9.17) is 0 Å². The number of carbonyl (C=O) groups excluding carboxylic acids is 1. The van der Waals surface area contributed by atoms with E-state index in [2.05, 4.69) is 16.4 Å². The van der Waals surface area contributed by atoms with Crippen LogP contribution in [0.2, 0.25) is 0 Å². The molecule has 1 N–H and O–H groups in total. The van der Waals surface area contributed by atoms with Crippen molar-refractivity contribution in [2.75, 3.05) is 20.1 Å². The molecule has 1 aromatic heterocycles. The van der Waals surface area contributed by atoms with Crippen molar-refractivity contribution in [3.63, 3.8) is 0 Å². The topological polar surface area (TPSA) is 45.2 Å². The van der Waals surface area contributed by atoms with Gasteiger partial charge in [0.2, 0.25) is 5.91 Å². The number of rotatable bonds is 3. The minimum atomic E-state index is -0.163. The van der Waals surface area contributed by atoms with Crippen LogP contribution in [0.25, 0.3) is 10.2 Å². The predicted molar refractivity (Wildman–Crippen MR) is 93.4 cm³/mol. The maximum atomic E-state index is 13.2. The molecule has 122 valence electrons. The zero-order valence-corrected chi connectivity index (χ0v) is 14.4. The van der Waals surface area contributed by atoms with Crippen LogP contribution < -0.4 is 5.32 Å². The molecule has 1 aliphatic carbocycles. The Bertz CT molecular complexity index is 695. The summed E-state index contributed by atoms with van der Waals surface area (Å²) in [5.74, 6) is 0.827. The van der Waals surface area contributed by atoms with Crippen molar-refractivity contribution in [3.8, 4) is 0 Å². The summed E-state index contributed by atoms with van der Waals surface area (Å²) in [7, 11) is 1.94. The minimum absolute atomic E-state index is 0.163. The minimum Gasteiger partial charge on any atom is -0.338 e. The normalized spacial score (nSPS) is 27.1. The van der Waals surface area contributed by atoms with Gasteiger partial charge in [-0.15, -0.1) is 11.3 Å². The molecule has 2 heterocycles. The largest absolute Gasteiger partial charge is 0.338 e. The van der Waals surface area contributed by atoms with Gasteiger partial charge < -0.3 is 10.2 Å². The zero-order valence-electron chi connectivity index (χ0n) is 13.5. The van der Waals surface area contributed by atoms with Gasteiger partial charge in [-0.1, -0.05) is 25.0 Å². The van der Waals surface area contributed by atoms with Crippen molar-refractivity contribution >= 4 is 27.5 Å². The smallest absolute Gasteiger partial charge is 0.230 e. The summed E-state index contributed by atoms with van der Waals surface area (Å²) in [6, 6.07) is 8.17. The SMILES string of the molecule is CN(Cc1nc2ccccc2s1)C(=O)[C@@]12CCCC[C@H]1CNC2. The highest BCUT2D eigenvalue weighted by Gasteiger charge is 2.50. The van der Waals surface area contributed by atoms with Gasteiger partial charge in [0.05, 0.1) is 22.2 Å². The Morgan fingerprint density at radius 2 is 2.30 bits per heavy atom. The fourth-order valence-electron chi connectivity index (χ4n) is 4.31. The number of hydrogen-bond donors (Lipinski definition) is 1. The van der Waals surface area contributed by atoms with Gasteiger partial charge >= 0.3 is 0 Å². The molecule has 4 rings (SSSR count). The Morgan fingerprint density at radius 1 is 1.43 bits per heavy atom. The Morgan fingerprint density at radius 3 is 3.17 bits per heavy atom. The highest BCUT2D eigenvalue weighted by Crippen LogP contribution is 2.45. The average Bonchev–Trinajstić information content (AvgIpc) is 3.17. The van der Waals surface area contributed by atoms with Gasteiger partial charge in [0, 0.05) is 13.6 Å². The molecule has 1 saturated heterocycles. The van der Waals surface area contributed by atoms with Crippen LogP contribution in [0.15, 0.2) is 24.3 Å². The Kier molecular flexibility index (Phi) is 3.85. The van der Waals surface area contributed by atoms with Crippen LogP contribution in [-0.4, -0.2) is 35.9 Å². The summed E-state index contributed by atoms with van der Waals surface area (Å²) >= 11 is 1.69. The van der Waals surface area contributed by atoms with Crippen molar-refractivity contribution < 1.29 is 4.79 Å². The van der Waals surface area contributed by atoms with Crippen molar-refractivity contribution in [1.29, 1.82) is 0 Å². The quantitative estimate of drug-likeness (QED) is 0.941. The van der Waals surface area contributed by atoms with E-state index in [1.165, 1.54) is 24.0 Å². The van der Waals surface area contributed by atoms with Crippen LogP contribution in [0.3, 0.4) is 0 Å². The number of thiazole rings is 1. The van der Waals surface area contributed by atoms with Gasteiger partial charge in [-0.25, -0.2) is 4.98 Å². The molecule has 2 atom stereocenters. The van der Waals surface area contributed by atoms with Gasteiger partial charge in [-0.3, -0.25) is 4.79 Å². The third-order valence-corrected chi connectivity index (χ3v) is 6.54. The third-order valence-electron chi connectivity index (χ3n) is 5.52. The van der Waals surface area contributed by atoms with E-state index in [1.54, 1.807) is 11.3 Å². The molecule has 1 aromatic carbocycles. The van der Waals surface area contributed by atoms with Gasteiger partial charge in [0.1, 0.15) is 5.01 Å². The molecule has 0 bridgehead atoms. The molecular formula is C18H23N3OS. The summed E-state index contributed by atoms with van der Waals surface area (Å²) in [5, 5.41) is 4.49. The number of fused-ring (bicyclic) bond motifs is 2. The van der Waals surface area contributed by atoms with E-state index in [-0.39, 0.29) is 5.41 Å². The monoisotopic (exact) mass is 329 g/mol. The molecule has 0 spiro atoms. The van der Waals surface area contributed by atoms with E-state index < -0.39 is 0 Å². The molecule has 23 heavy (non-hydrogen) atoms. The van der Waals surface area contributed by atoms with E-state index >= 15 is 0 Å². The lowest BCUT2D eigenvalue weighted by Gasteiger charge is -2.39. The second-order valence-electron chi connectivity index (χ2n) is 6.97. The summed E-state index contributed by atoms with van der Waals surface area (Å²) in [4.78, 5) is 19.8.